The summed E-state index contributed by atoms with van der Waals surface area (Å²) in [5, 5.41) is 5.67. The van der Waals surface area contributed by atoms with E-state index in [1.807, 2.05) is 0 Å². The average molecular weight is 350 g/mol. The minimum Gasteiger partial charge on any atom is -0.318 e. The summed E-state index contributed by atoms with van der Waals surface area (Å²) < 4.78 is 36.5. The van der Waals surface area contributed by atoms with Gasteiger partial charge in [0, 0.05) is 23.6 Å². The maximum Gasteiger partial charge on any atom is 0.471 e. The van der Waals surface area contributed by atoms with E-state index in [0.717, 1.165) is 0 Å². The van der Waals surface area contributed by atoms with Crippen molar-refractivity contribution in [2.24, 2.45) is 5.10 Å². The van der Waals surface area contributed by atoms with Crippen molar-refractivity contribution < 1.29 is 22.8 Å². The normalized spacial score (nSPS) is 11.8. The van der Waals surface area contributed by atoms with Crippen molar-refractivity contribution in [2.45, 2.75) is 13.1 Å². The largest absolute Gasteiger partial charge is 0.471 e. The Morgan fingerprint density at radius 3 is 2.16 bits per heavy atom. The van der Waals surface area contributed by atoms with Crippen LogP contribution in [-0.2, 0) is 4.79 Å². The van der Waals surface area contributed by atoms with Gasteiger partial charge in [0.05, 0.1) is 5.71 Å². The van der Waals surface area contributed by atoms with Crippen LogP contribution in [0.1, 0.15) is 22.8 Å². The highest BCUT2D eigenvalue weighted by atomic mass is 19.4. The van der Waals surface area contributed by atoms with E-state index in [-0.39, 0.29) is 5.69 Å². The molecule has 9 heteroatoms. The molecule has 2 aromatic rings. The zero-order valence-corrected chi connectivity index (χ0v) is 13.0. The summed E-state index contributed by atoms with van der Waals surface area (Å²) in [7, 11) is 0. The number of anilines is 1. The predicted molar refractivity (Wildman–Crippen MR) is 85.0 cm³/mol. The molecular weight excluding hydrogens is 337 g/mol. The van der Waals surface area contributed by atoms with Gasteiger partial charge in [-0.15, -0.1) is 0 Å². The topological polar surface area (TPSA) is 83.4 Å². The standard InChI is InChI=1S/C16H13F3N4O2/c1-10(22-23-14(24)12-6-8-20-9-7-12)11-2-4-13(5-3-11)21-15(25)16(17,18)19/h2-9H,1H3,(H,21,25)(H,23,24)/b22-10-. The Balaban J connectivity index is 2.01. The van der Waals surface area contributed by atoms with Crippen molar-refractivity contribution in [3.63, 3.8) is 0 Å². The highest BCUT2D eigenvalue weighted by Gasteiger charge is 2.38. The molecule has 0 fully saturated rings. The number of hydrogen-bond donors (Lipinski definition) is 2. The maximum atomic E-state index is 12.2. The van der Waals surface area contributed by atoms with Crippen LogP contribution in [0.4, 0.5) is 18.9 Å². The molecule has 0 spiro atoms. The highest BCUT2D eigenvalue weighted by Crippen LogP contribution is 2.18. The van der Waals surface area contributed by atoms with Gasteiger partial charge in [0.15, 0.2) is 0 Å². The van der Waals surface area contributed by atoms with Crippen LogP contribution in [0.2, 0.25) is 0 Å². The van der Waals surface area contributed by atoms with Crippen LogP contribution in [0.5, 0.6) is 0 Å². The number of alkyl halides is 3. The first kappa shape index (κ1) is 18.1. The third-order valence-corrected chi connectivity index (χ3v) is 3.09. The summed E-state index contributed by atoms with van der Waals surface area (Å²) in [6.07, 6.45) is -2.01. The van der Waals surface area contributed by atoms with E-state index in [2.05, 4.69) is 15.5 Å². The van der Waals surface area contributed by atoms with Crippen molar-refractivity contribution in [3.8, 4) is 0 Å². The Kier molecular flexibility index (Phi) is 5.48. The molecule has 25 heavy (non-hydrogen) atoms. The predicted octanol–water partition coefficient (Wildman–Crippen LogP) is 2.74. The van der Waals surface area contributed by atoms with Crippen molar-refractivity contribution >= 4 is 23.2 Å². The van der Waals surface area contributed by atoms with E-state index in [1.165, 1.54) is 48.8 Å². The Morgan fingerprint density at radius 1 is 1.00 bits per heavy atom. The van der Waals surface area contributed by atoms with Crippen molar-refractivity contribution in [1.29, 1.82) is 0 Å². The van der Waals surface area contributed by atoms with Crippen LogP contribution in [0.15, 0.2) is 53.9 Å². The molecule has 1 heterocycles. The number of rotatable bonds is 4. The number of hydrazone groups is 1. The summed E-state index contributed by atoms with van der Waals surface area (Å²) in [5.74, 6) is -2.47. The second kappa shape index (κ2) is 7.56. The molecule has 130 valence electrons. The summed E-state index contributed by atoms with van der Waals surface area (Å²) in [5.41, 5.74) is 3.76. The molecule has 2 N–H and O–H groups in total. The Bertz CT molecular complexity index is 787. The van der Waals surface area contributed by atoms with E-state index in [4.69, 9.17) is 0 Å². The molecule has 2 amide bonds. The van der Waals surface area contributed by atoms with E-state index >= 15 is 0 Å². The fraction of sp³-hybridized carbons (Fsp3) is 0.125. The van der Waals surface area contributed by atoms with Gasteiger partial charge in [-0.2, -0.15) is 18.3 Å². The number of carbonyl (C=O) groups excluding carboxylic acids is 2. The molecule has 0 bridgehead atoms. The third-order valence-electron chi connectivity index (χ3n) is 3.09. The number of carbonyl (C=O) groups is 2. The smallest absolute Gasteiger partial charge is 0.318 e. The summed E-state index contributed by atoms with van der Waals surface area (Å²) in [6, 6.07) is 8.62. The van der Waals surface area contributed by atoms with Gasteiger partial charge >= 0.3 is 12.1 Å². The lowest BCUT2D eigenvalue weighted by molar-refractivity contribution is -0.167. The molecule has 0 radical (unpaired) electrons. The number of nitrogens with one attached hydrogen (secondary N) is 2. The number of nitrogens with zero attached hydrogens (tertiary/aromatic N) is 2. The molecule has 2 rings (SSSR count). The van der Waals surface area contributed by atoms with Gasteiger partial charge in [0.2, 0.25) is 0 Å². The van der Waals surface area contributed by atoms with Gasteiger partial charge in [-0.05, 0) is 36.8 Å². The first-order valence-corrected chi connectivity index (χ1v) is 7.00. The number of hydrogen-bond acceptors (Lipinski definition) is 4. The lowest BCUT2D eigenvalue weighted by atomic mass is 10.1. The minimum atomic E-state index is -4.95. The van der Waals surface area contributed by atoms with Crippen LogP contribution >= 0.6 is 0 Å². The van der Waals surface area contributed by atoms with Crippen LogP contribution < -0.4 is 10.7 Å². The Morgan fingerprint density at radius 2 is 1.60 bits per heavy atom. The molecule has 0 aliphatic rings. The SMILES string of the molecule is C/C(=N/NC(=O)c1ccncc1)c1ccc(NC(=O)C(F)(F)F)cc1. The average Bonchev–Trinajstić information content (AvgIpc) is 2.60. The first-order chi connectivity index (χ1) is 11.8. The molecule has 1 aromatic carbocycles. The zero-order valence-electron chi connectivity index (χ0n) is 13.0. The third kappa shape index (κ3) is 5.13. The van der Waals surface area contributed by atoms with Crippen molar-refractivity contribution in [1.82, 2.24) is 10.4 Å². The molecule has 0 unspecified atom stereocenters. The van der Waals surface area contributed by atoms with Crippen LogP contribution in [-0.4, -0.2) is 28.7 Å². The summed E-state index contributed by atoms with van der Waals surface area (Å²) >= 11 is 0. The Labute approximate surface area is 140 Å². The van der Waals surface area contributed by atoms with Crippen molar-refractivity contribution in [2.75, 3.05) is 5.32 Å². The Hall–Kier alpha value is -3.23. The molecule has 0 aliphatic heterocycles. The fourth-order valence-electron chi connectivity index (χ4n) is 1.76. The van der Waals surface area contributed by atoms with Gasteiger partial charge in [-0.25, -0.2) is 5.43 Å². The number of pyridine rings is 1. The number of benzene rings is 1. The highest BCUT2D eigenvalue weighted by molar-refractivity contribution is 6.01. The molecule has 0 saturated heterocycles. The van der Waals surface area contributed by atoms with Crippen LogP contribution in [0.3, 0.4) is 0 Å². The summed E-state index contributed by atoms with van der Waals surface area (Å²) in [6.45, 7) is 1.62. The van der Waals surface area contributed by atoms with Crippen LogP contribution in [0.25, 0.3) is 0 Å². The molecule has 0 saturated carbocycles. The number of aromatic nitrogens is 1. The molecule has 1 aromatic heterocycles. The van der Waals surface area contributed by atoms with Gasteiger partial charge < -0.3 is 5.32 Å². The minimum absolute atomic E-state index is 0.000281. The first-order valence-electron chi connectivity index (χ1n) is 7.00. The second-order valence-electron chi connectivity index (χ2n) is 4.90. The van der Waals surface area contributed by atoms with E-state index < -0.39 is 18.0 Å². The van der Waals surface area contributed by atoms with Gasteiger partial charge in [0.25, 0.3) is 5.91 Å². The monoisotopic (exact) mass is 350 g/mol. The van der Waals surface area contributed by atoms with E-state index in [9.17, 15) is 22.8 Å². The second-order valence-corrected chi connectivity index (χ2v) is 4.90. The molecule has 0 atom stereocenters. The fourth-order valence-corrected chi connectivity index (χ4v) is 1.76. The lowest BCUT2D eigenvalue weighted by Gasteiger charge is -2.08. The maximum absolute atomic E-state index is 12.2. The molecule has 6 nitrogen and oxygen atoms in total. The van der Waals surface area contributed by atoms with E-state index in [1.54, 1.807) is 12.2 Å². The van der Waals surface area contributed by atoms with Gasteiger partial charge in [0.1, 0.15) is 0 Å². The van der Waals surface area contributed by atoms with Gasteiger partial charge in [-0.1, -0.05) is 12.1 Å². The zero-order chi connectivity index (χ0) is 18.4. The van der Waals surface area contributed by atoms with E-state index in [0.29, 0.717) is 16.8 Å². The van der Waals surface area contributed by atoms with Crippen LogP contribution in [0, 0.1) is 0 Å². The molecule has 0 aliphatic carbocycles. The number of halogens is 3. The number of amides is 2. The summed E-state index contributed by atoms with van der Waals surface area (Å²) in [4.78, 5) is 26.5. The van der Waals surface area contributed by atoms with Gasteiger partial charge in [-0.3, -0.25) is 14.6 Å². The lowest BCUT2D eigenvalue weighted by Crippen LogP contribution is -2.29. The quantitative estimate of drug-likeness (QED) is 0.657. The van der Waals surface area contributed by atoms with Crippen molar-refractivity contribution in [3.05, 3.63) is 59.9 Å². The molecular formula is C16H13F3N4O2.